The van der Waals surface area contributed by atoms with Crippen molar-refractivity contribution in [3.05, 3.63) is 66.9 Å². The van der Waals surface area contributed by atoms with E-state index < -0.39 is 18.4 Å². The molecule has 0 fully saturated rings. The van der Waals surface area contributed by atoms with Gasteiger partial charge in [0.25, 0.3) is 0 Å². The van der Waals surface area contributed by atoms with Gasteiger partial charge in [-0.15, -0.1) is 0 Å². The summed E-state index contributed by atoms with van der Waals surface area (Å²) in [5.74, 6) is 0. The fraction of sp³-hybridized carbons (Fsp3) is 0.429. The van der Waals surface area contributed by atoms with Crippen LogP contribution in [0.5, 0.6) is 0 Å². The van der Waals surface area contributed by atoms with E-state index in [0.29, 0.717) is 0 Å². The Morgan fingerprint density at radius 2 is 1.23 bits per heavy atom. The van der Waals surface area contributed by atoms with Gasteiger partial charge in [0.2, 0.25) is 0 Å². The van der Waals surface area contributed by atoms with Crippen molar-refractivity contribution in [2.45, 2.75) is 72.6 Å². The molecule has 0 aliphatic carbocycles. The average molecular weight is 521 g/mol. The first kappa shape index (κ1) is 24.0. The van der Waals surface area contributed by atoms with Crippen molar-refractivity contribution in [3.8, 4) is 22.6 Å². The molecule has 2 heterocycles. The number of rotatable bonds is 12. The zero-order valence-electron chi connectivity index (χ0n) is 19.6. The van der Waals surface area contributed by atoms with Crippen molar-refractivity contribution in [1.82, 2.24) is 9.97 Å². The maximum absolute atomic E-state index is 5.10. The first-order valence-corrected chi connectivity index (χ1v) is 19.7. The molecule has 0 atom stereocenters. The number of nitrogens with zero attached hydrogens (tertiary/aromatic N) is 2. The summed E-state index contributed by atoms with van der Waals surface area (Å²) in [6, 6.07) is 21.8. The molecule has 0 saturated heterocycles. The van der Waals surface area contributed by atoms with Gasteiger partial charge in [-0.1, -0.05) is 0 Å². The summed E-state index contributed by atoms with van der Waals surface area (Å²) in [4.78, 5) is 9.75. The molecule has 0 aliphatic rings. The normalized spacial score (nSPS) is 11.6. The van der Waals surface area contributed by atoms with Gasteiger partial charge in [-0.25, -0.2) is 0 Å². The van der Waals surface area contributed by atoms with Crippen molar-refractivity contribution >= 4 is 22.0 Å². The van der Waals surface area contributed by atoms with Gasteiger partial charge in [0.05, 0.1) is 0 Å². The van der Waals surface area contributed by atoms with E-state index in [-0.39, 0.29) is 0 Å². The summed E-state index contributed by atoms with van der Waals surface area (Å²) in [6.07, 6.45) is 9.86. The summed E-state index contributed by atoms with van der Waals surface area (Å²) < 4.78 is 6.06. The van der Waals surface area contributed by atoms with E-state index in [0.717, 1.165) is 17.1 Å². The molecule has 164 valence electrons. The van der Waals surface area contributed by atoms with E-state index in [4.69, 9.17) is 4.98 Å². The molecular formula is C28H38N2Sn. The quantitative estimate of drug-likeness (QED) is 0.227. The van der Waals surface area contributed by atoms with Crippen LogP contribution < -0.4 is 3.58 Å². The van der Waals surface area contributed by atoms with Crippen LogP contribution in [0, 0.1) is 0 Å². The molecule has 0 spiro atoms. The maximum atomic E-state index is 5.10. The molecule has 3 heteroatoms. The van der Waals surface area contributed by atoms with E-state index in [1.165, 1.54) is 57.4 Å². The second-order valence-electron chi connectivity index (χ2n) is 8.80. The van der Waals surface area contributed by atoms with Gasteiger partial charge in [0.1, 0.15) is 0 Å². The third kappa shape index (κ3) is 6.41. The van der Waals surface area contributed by atoms with Gasteiger partial charge in [-0.2, -0.15) is 0 Å². The zero-order chi connectivity index (χ0) is 21.9. The summed E-state index contributed by atoms with van der Waals surface area (Å²) in [5, 5.41) is 0. The number of pyridine rings is 2. The van der Waals surface area contributed by atoms with Gasteiger partial charge in [-0.05, 0) is 0 Å². The fourth-order valence-electron chi connectivity index (χ4n) is 4.59. The Kier molecular flexibility index (Phi) is 9.57. The predicted molar refractivity (Wildman–Crippen MR) is 137 cm³/mol. The molecule has 3 aromatic rings. The summed E-state index contributed by atoms with van der Waals surface area (Å²) in [7, 11) is 0. The fourth-order valence-corrected chi connectivity index (χ4v) is 20.6. The average Bonchev–Trinajstić information content (AvgIpc) is 2.84. The molecule has 2 nitrogen and oxygen atoms in total. The molecule has 31 heavy (non-hydrogen) atoms. The molecule has 3 rings (SSSR count). The van der Waals surface area contributed by atoms with Crippen LogP contribution in [-0.2, 0) is 0 Å². The standard InChI is InChI=1S/C16H11N2.3C4H9.Sn/c1-2-7-13(8-3-1)14-10-6-11-16(18-14)15-9-4-5-12-17-15;3*1-3-4-2;/h1-5,7-12H;3*1,3-4H2,2H3;. The topological polar surface area (TPSA) is 25.8 Å². The SMILES string of the molecule is CCC[CH2][Sn]([CH2]CCC)([CH2]CCC)[c]1cc(-c2ccccc2)nc(-c2ccccn2)c1. The molecule has 1 aromatic carbocycles. The number of benzene rings is 1. The predicted octanol–water partition coefficient (Wildman–Crippen LogP) is 7.87. The van der Waals surface area contributed by atoms with E-state index in [1.54, 1.807) is 3.58 Å². The number of aromatic nitrogens is 2. The Labute approximate surface area is 193 Å². The molecule has 0 bridgehead atoms. The van der Waals surface area contributed by atoms with E-state index in [2.05, 4.69) is 80.4 Å². The zero-order valence-corrected chi connectivity index (χ0v) is 22.5. The van der Waals surface area contributed by atoms with Crippen LogP contribution in [0.15, 0.2) is 66.9 Å². The molecule has 0 N–H and O–H groups in total. The molecule has 0 saturated carbocycles. The Balaban J connectivity index is 2.18. The van der Waals surface area contributed by atoms with Crippen molar-refractivity contribution in [1.29, 1.82) is 0 Å². The van der Waals surface area contributed by atoms with Gasteiger partial charge < -0.3 is 0 Å². The summed E-state index contributed by atoms with van der Waals surface area (Å²) >= 11 is -2.58. The van der Waals surface area contributed by atoms with Crippen LogP contribution in [0.4, 0.5) is 0 Å². The third-order valence-electron chi connectivity index (χ3n) is 6.46. The second-order valence-corrected chi connectivity index (χ2v) is 22.0. The van der Waals surface area contributed by atoms with Crippen LogP contribution in [0.1, 0.15) is 59.3 Å². The van der Waals surface area contributed by atoms with E-state index in [1.807, 2.05) is 12.3 Å². The molecule has 0 radical (unpaired) electrons. The van der Waals surface area contributed by atoms with Crippen molar-refractivity contribution < 1.29 is 0 Å². The van der Waals surface area contributed by atoms with Gasteiger partial charge in [0.15, 0.2) is 0 Å². The van der Waals surface area contributed by atoms with Gasteiger partial charge in [-0.3, -0.25) is 0 Å². The Morgan fingerprint density at radius 1 is 0.645 bits per heavy atom. The summed E-state index contributed by atoms with van der Waals surface area (Å²) in [5.41, 5.74) is 4.36. The molecule has 0 aliphatic heterocycles. The van der Waals surface area contributed by atoms with Crippen LogP contribution in [-0.4, -0.2) is 28.3 Å². The van der Waals surface area contributed by atoms with Crippen LogP contribution in [0.25, 0.3) is 22.6 Å². The number of unbranched alkanes of at least 4 members (excludes halogenated alkanes) is 3. The minimum absolute atomic E-state index is 0.989. The van der Waals surface area contributed by atoms with Crippen molar-refractivity contribution in [2.24, 2.45) is 0 Å². The Morgan fingerprint density at radius 3 is 1.77 bits per heavy atom. The number of hydrogen-bond acceptors (Lipinski definition) is 2. The van der Waals surface area contributed by atoms with Gasteiger partial charge in [0, 0.05) is 0 Å². The van der Waals surface area contributed by atoms with Crippen molar-refractivity contribution in [2.75, 3.05) is 0 Å². The van der Waals surface area contributed by atoms with Crippen molar-refractivity contribution in [3.63, 3.8) is 0 Å². The summed E-state index contributed by atoms with van der Waals surface area (Å²) in [6.45, 7) is 7.03. The van der Waals surface area contributed by atoms with Crippen LogP contribution in [0.2, 0.25) is 13.3 Å². The minimum atomic E-state index is -2.58. The molecule has 2 aromatic heterocycles. The number of hydrogen-bond donors (Lipinski definition) is 0. The van der Waals surface area contributed by atoms with Gasteiger partial charge >= 0.3 is 194 Å². The third-order valence-corrected chi connectivity index (χ3v) is 22.0. The second kappa shape index (κ2) is 12.4. The molecule has 0 unspecified atom stereocenters. The van der Waals surface area contributed by atoms with E-state index in [9.17, 15) is 0 Å². The molecule has 0 amide bonds. The van der Waals surface area contributed by atoms with Crippen LogP contribution in [0.3, 0.4) is 0 Å². The first-order chi connectivity index (χ1) is 15.2. The monoisotopic (exact) mass is 522 g/mol. The molecular weight excluding hydrogens is 483 g/mol. The van der Waals surface area contributed by atoms with E-state index >= 15 is 0 Å². The first-order valence-electron chi connectivity index (χ1n) is 12.2. The Bertz CT molecular complexity index is 829. The Hall–Kier alpha value is -1.68. The van der Waals surface area contributed by atoms with Crippen LogP contribution >= 0.6 is 0 Å².